The molecule has 0 N–H and O–H groups in total. The normalized spacial score (nSPS) is 36.9. The molecule has 0 radical (unpaired) electrons. The fourth-order valence-electron chi connectivity index (χ4n) is 7.83. The summed E-state index contributed by atoms with van der Waals surface area (Å²) in [4.78, 5) is 21.3. The van der Waals surface area contributed by atoms with Gasteiger partial charge in [0.05, 0.1) is 0 Å². The Kier molecular flexibility index (Phi) is 4.63. The molecule has 1 aromatic carbocycles. The van der Waals surface area contributed by atoms with Gasteiger partial charge in [-0.1, -0.05) is 43.2 Å². The first-order chi connectivity index (χ1) is 15.1. The molecule has 160 valence electrons. The van der Waals surface area contributed by atoms with E-state index in [1.165, 1.54) is 49.7 Å². The van der Waals surface area contributed by atoms with Crippen LogP contribution in [-0.4, -0.2) is 15.8 Å². The predicted molar refractivity (Wildman–Crippen MR) is 122 cm³/mol. The third kappa shape index (κ3) is 3.20. The van der Waals surface area contributed by atoms with Crippen LogP contribution < -0.4 is 0 Å². The molecule has 1 unspecified atom stereocenters. The smallest absolute Gasteiger partial charge is 0.163 e. The lowest BCUT2D eigenvalue weighted by Gasteiger charge is -2.53. The summed E-state index contributed by atoms with van der Waals surface area (Å²) in [5, 5.41) is 0. The molecule has 4 aliphatic rings. The van der Waals surface area contributed by atoms with Crippen molar-refractivity contribution in [1.29, 1.82) is 0 Å². The second-order valence-corrected chi connectivity index (χ2v) is 10.8. The molecule has 3 nitrogen and oxygen atoms in total. The molecule has 6 rings (SSSR count). The van der Waals surface area contributed by atoms with Gasteiger partial charge in [0.25, 0.3) is 0 Å². The summed E-state index contributed by atoms with van der Waals surface area (Å²) in [6, 6.07) is 8.54. The maximum absolute atomic E-state index is 13.1. The first kappa shape index (κ1) is 19.4. The van der Waals surface area contributed by atoms with E-state index in [1.807, 2.05) is 12.4 Å². The summed E-state index contributed by atoms with van der Waals surface area (Å²) in [5.41, 5.74) is 5.37. The molecule has 0 amide bonds. The quantitative estimate of drug-likeness (QED) is 0.576. The average molecular weight is 413 g/mol. The lowest BCUT2D eigenvalue weighted by molar-refractivity contribution is -0.117. The molecular formula is C28H32N2O. The Bertz CT molecular complexity index is 1010. The molecule has 1 heterocycles. The van der Waals surface area contributed by atoms with Crippen molar-refractivity contribution in [2.75, 3.05) is 0 Å². The fourth-order valence-corrected chi connectivity index (χ4v) is 7.83. The van der Waals surface area contributed by atoms with Gasteiger partial charge in [-0.25, -0.2) is 9.97 Å². The van der Waals surface area contributed by atoms with Crippen LogP contribution in [0.2, 0.25) is 0 Å². The van der Waals surface area contributed by atoms with Gasteiger partial charge in [0.15, 0.2) is 5.78 Å². The van der Waals surface area contributed by atoms with E-state index in [0.29, 0.717) is 17.1 Å². The molecule has 0 spiro atoms. The number of hydrogen-bond acceptors (Lipinski definition) is 3. The summed E-state index contributed by atoms with van der Waals surface area (Å²) < 4.78 is 0. The molecule has 31 heavy (non-hydrogen) atoms. The standard InChI is InChI=1S/C28H32N2O/c1-28-11-2-3-26(28)23-9-8-20-13-27(31)25(14-24(20)22(23)10-12-28)19-6-4-18(5-7-19)21-15-29-17-30-16-21/h4-7,13,15-17,22-26H,2-3,8-12,14H2,1H3/t22-,23+,24-,25?,26-,28-/m0/s1. The van der Waals surface area contributed by atoms with Crippen molar-refractivity contribution in [2.24, 2.45) is 29.1 Å². The van der Waals surface area contributed by atoms with Crippen molar-refractivity contribution in [3.8, 4) is 11.1 Å². The Morgan fingerprint density at radius 2 is 1.74 bits per heavy atom. The predicted octanol–water partition coefficient (Wildman–Crippen LogP) is 6.37. The van der Waals surface area contributed by atoms with Crippen LogP contribution in [-0.2, 0) is 4.79 Å². The highest BCUT2D eigenvalue weighted by Crippen LogP contribution is 2.62. The molecular weight excluding hydrogens is 380 g/mol. The van der Waals surface area contributed by atoms with E-state index in [9.17, 15) is 4.79 Å². The summed E-state index contributed by atoms with van der Waals surface area (Å²) in [5.74, 6) is 3.57. The van der Waals surface area contributed by atoms with E-state index in [4.69, 9.17) is 0 Å². The van der Waals surface area contributed by atoms with E-state index in [-0.39, 0.29) is 5.92 Å². The lowest BCUT2D eigenvalue weighted by Crippen LogP contribution is -2.45. The number of nitrogens with zero attached hydrogens (tertiary/aromatic N) is 2. The van der Waals surface area contributed by atoms with Crippen molar-refractivity contribution < 1.29 is 4.79 Å². The van der Waals surface area contributed by atoms with Gasteiger partial charge >= 0.3 is 0 Å². The topological polar surface area (TPSA) is 42.9 Å². The van der Waals surface area contributed by atoms with Crippen molar-refractivity contribution in [3.63, 3.8) is 0 Å². The van der Waals surface area contributed by atoms with Gasteiger partial charge in [0.1, 0.15) is 6.33 Å². The van der Waals surface area contributed by atoms with Crippen LogP contribution in [0.5, 0.6) is 0 Å². The Morgan fingerprint density at radius 3 is 2.55 bits per heavy atom. The van der Waals surface area contributed by atoms with Crippen molar-refractivity contribution >= 4 is 5.78 Å². The van der Waals surface area contributed by atoms with Crippen molar-refractivity contribution in [2.45, 2.75) is 64.2 Å². The van der Waals surface area contributed by atoms with Gasteiger partial charge in [-0.3, -0.25) is 4.79 Å². The zero-order valence-corrected chi connectivity index (χ0v) is 18.5. The monoisotopic (exact) mass is 412 g/mol. The molecule has 3 heteroatoms. The summed E-state index contributed by atoms with van der Waals surface area (Å²) in [7, 11) is 0. The molecule has 0 saturated heterocycles. The maximum Gasteiger partial charge on any atom is 0.163 e. The number of rotatable bonds is 2. The zero-order chi connectivity index (χ0) is 21.0. The van der Waals surface area contributed by atoms with Crippen molar-refractivity contribution in [1.82, 2.24) is 9.97 Å². The Hall–Kier alpha value is -2.29. The number of carbonyl (C=O) groups is 1. The third-order valence-corrected chi connectivity index (χ3v) is 9.40. The SMILES string of the molecule is C[C@@]12CCC[C@H]1[C@@H]1CCC3=CC(=O)C(c4ccc(-c5cncnc5)cc4)C[C@@H]3[C@H]1CC2. The molecule has 1 aromatic heterocycles. The molecule has 4 aliphatic carbocycles. The first-order valence-corrected chi connectivity index (χ1v) is 12.2. The van der Waals surface area contributed by atoms with Gasteiger partial charge in [-0.05, 0) is 91.2 Å². The molecule has 0 bridgehead atoms. The Morgan fingerprint density at radius 1 is 0.935 bits per heavy atom. The summed E-state index contributed by atoms with van der Waals surface area (Å²) in [6.45, 7) is 2.57. The highest BCUT2D eigenvalue weighted by Gasteiger charge is 2.53. The van der Waals surface area contributed by atoms with Crippen LogP contribution >= 0.6 is 0 Å². The number of hydrogen-bond donors (Lipinski definition) is 0. The molecule has 3 fully saturated rings. The first-order valence-electron chi connectivity index (χ1n) is 12.2. The fraction of sp³-hybridized carbons (Fsp3) is 0.536. The average Bonchev–Trinajstić information content (AvgIpc) is 3.21. The Balaban J connectivity index is 1.26. The van der Waals surface area contributed by atoms with Crippen LogP contribution in [0.3, 0.4) is 0 Å². The number of carbonyl (C=O) groups excluding carboxylic acids is 1. The van der Waals surface area contributed by atoms with Crippen molar-refractivity contribution in [3.05, 3.63) is 60.2 Å². The maximum atomic E-state index is 13.1. The van der Waals surface area contributed by atoms with Crippen LogP contribution in [0, 0.1) is 29.1 Å². The number of allylic oxidation sites excluding steroid dienone is 1. The number of ketones is 1. The summed E-state index contributed by atoms with van der Waals surface area (Å²) in [6.07, 6.45) is 17.8. The van der Waals surface area contributed by atoms with Crippen LogP contribution in [0.4, 0.5) is 0 Å². The Labute approximate surface area is 185 Å². The molecule has 2 aromatic rings. The molecule has 3 saturated carbocycles. The number of benzene rings is 1. The van der Waals surface area contributed by atoms with Gasteiger partial charge in [-0.2, -0.15) is 0 Å². The minimum Gasteiger partial charge on any atom is -0.294 e. The van der Waals surface area contributed by atoms with E-state index < -0.39 is 0 Å². The van der Waals surface area contributed by atoms with Gasteiger partial charge in [-0.15, -0.1) is 0 Å². The van der Waals surface area contributed by atoms with E-state index in [0.717, 1.165) is 41.7 Å². The largest absolute Gasteiger partial charge is 0.294 e. The van der Waals surface area contributed by atoms with Crippen LogP contribution in [0.25, 0.3) is 11.1 Å². The second kappa shape index (κ2) is 7.39. The van der Waals surface area contributed by atoms with E-state index >= 15 is 0 Å². The van der Waals surface area contributed by atoms with Gasteiger partial charge in [0, 0.05) is 23.9 Å². The minimum absolute atomic E-state index is 0.0189. The van der Waals surface area contributed by atoms with Crippen LogP contribution in [0.1, 0.15) is 69.8 Å². The minimum atomic E-state index is 0.0189. The van der Waals surface area contributed by atoms with Crippen LogP contribution in [0.15, 0.2) is 54.6 Å². The molecule has 6 atom stereocenters. The highest BCUT2D eigenvalue weighted by atomic mass is 16.1. The van der Waals surface area contributed by atoms with E-state index in [2.05, 4.69) is 47.2 Å². The number of fused-ring (bicyclic) bond motifs is 5. The summed E-state index contributed by atoms with van der Waals surface area (Å²) >= 11 is 0. The van der Waals surface area contributed by atoms with Gasteiger partial charge < -0.3 is 0 Å². The third-order valence-electron chi connectivity index (χ3n) is 9.40. The molecule has 0 aliphatic heterocycles. The van der Waals surface area contributed by atoms with Gasteiger partial charge in [0.2, 0.25) is 0 Å². The number of aromatic nitrogens is 2. The second-order valence-electron chi connectivity index (χ2n) is 10.8. The van der Waals surface area contributed by atoms with E-state index in [1.54, 1.807) is 6.33 Å². The highest BCUT2D eigenvalue weighted by molar-refractivity contribution is 5.97. The lowest BCUT2D eigenvalue weighted by atomic mass is 9.52. The zero-order valence-electron chi connectivity index (χ0n) is 18.5.